The lowest BCUT2D eigenvalue weighted by atomic mass is 9.95. The van der Waals surface area contributed by atoms with Gasteiger partial charge < -0.3 is 47.4 Å². The van der Waals surface area contributed by atoms with E-state index in [0.29, 0.717) is 26.4 Å². The van der Waals surface area contributed by atoms with E-state index in [0.717, 1.165) is 22.3 Å². The summed E-state index contributed by atoms with van der Waals surface area (Å²) < 4.78 is 65.0. The largest absolute Gasteiger partial charge is 0.374 e. The predicted octanol–water partition coefficient (Wildman–Crippen LogP) is 6.46. The Kier molecular flexibility index (Phi) is 11.4. The minimum Gasteiger partial charge on any atom is -0.374 e. The van der Waals surface area contributed by atoms with Crippen molar-refractivity contribution in [1.82, 2.24) is 0 Å². The maximum atomic E-state index is 7.00. The lowest BCUT2D eigenvalue weighted by Crippen LogP contribution is -2.56. The van der Waals surface area contributed by atoms with Crippen LogP contribution in [0.1, 0.15) is 51.3 Å². The maximum Gasteiger partial charge on any atom is 0.190 e. The lowest BCUT2D eigenvalue weighted by molar-refractivity contribution is -0.283. The second kappa shape index (κ2) is 15.9. The smallest absolute Gasteiger partial charge is 0.190 e. The first-order chi connectivity index (χ1) is 24.7. The highest BCUT2D eigenvalue weighted by molar-refractivity contribution is 5.21. The Morgan fingerprint density at radius 2 is 1.27 bits per heavy atom. The van der Waals surface area contributed by atoms with Crippen molar-refractivity contribution in [3.05, 3.63) is 119 Å². The van der Waals surface area contributed by atoms with Gasteiger partial charge in [0.15, 0.2) is 24.2 Å². The van der Waals surface area contributed by atoms with Crippen molar-refractivity contribution in [2.45, 2.75) is 121 Å². The van der Waals surface area contributed by atoms with Gasteiger partial charge in [0.2, 0.25) is 0 Å². The number of fused-ring (bicyclic) bond motifs is 1. The molecule has 1 unspecified atom stereocenters. The van der Waals surface area contributed by atoms with Crippen LogP contribution >= 0.6 is 0 Å². The summed E-state index contributed by atoms with van der Waals surface area (Å²) in [5.74, 6) is -1.61. The number of allylic oxidation sites excluding steroid dienone is 1. The molecule has 0 amide bonds. The van der Waals surface area contributed by atoms with E-state index in [1.165, 1.54) is 0 Å². The van der Waals surface area contributed by atoms with Crippen LogP contribution in [-0.4, -0.2) is 80.1 Å². The van der Waals surface area contributed by atoms with Crippen molar-refractivity contribution >= 4 is 0 Å². The number of benzene rings is 3. The van der Waals surface area contributed by atoms with Gasteiger partial charge in [0.1, 0.15) is 42.7 Å². The SMILES string of the molecule is C/C=C1\C(O[C@@H]2[C@H]3OC(C)(C)O[C@H]3O[C@@H]2[C@H]2COC(C)(C)O2)O[C@H](COCc2ccccc2)[C@@H](OCc2ccccc2)[C@@H]1OCc1ccccc1. The molecule has 0 aliphatic carbocycles. The molecule has 10 heteroatoms. The molecule has 51 heavy (non-hydrogen) atoms. The van der Waals surface area contributed by atoms with E-state index in [4.69, 9.17) is 47.4 Å². The Bertz CT molecular complexity index is 1570. The topological polar surface area (TPSA) is 92.3 Å². The lowest BCUT2D eigenvalue weighted by Gasteiger charge is -2.44. The molecule has 3 aromatic rings. The summed E-state index contributed by atoms with van der Waals surface area (Å²) in [6, 6.07) is 30.3. The number of ether oxygens (including phenoxy) is 10. The van der Waals surface area contributed by atoms with Crippen molar-refractivity contribution in [2.24, 2.45) is 0 Å². The van der Waals surface area contributed by atoms with Crippen molar-refractivity contribution in [3.63, 3.8) is 0 Å². The van der Waals surface area contributed by atoms with Crippen molar-refractivity contribution in [2.75, 3.05) is 13.2 Å². The molecule has 0 aromatic heterocycles. The van der Waals surface area contributed by atoms with Crippen molar-refractivity contribution in [3.8, 4) is 0 Å². The van der Waals surface area contributed by atoms with E-state index in [2.05, 4.69) is 0 Å². The van der Waals surface area contributed by atoms with Crippen LogP contribution in [0.25, 0.3) is 0 Å². The molecular formula is C41H50O10. The minimum absolute atomic E-state index is 0.244. The van der Waals surface area contributed by atoms with E-state index in [-0.39, 0.29) is 6.61 Å². The van der Waals surface area contributed by atoms with Gasteiger partial charge >= 0.3 is 0 Å². The van der Waals surface area contributed by atoms with E-state index in [1.54, 1.807) is 0 Å². The molecule has 4 aliphatic heterocycles. The average Bonchev–Trinajstić information content (AvgIpc) is 3.76. The predicted molar refractivity (Wildman–Crippen MR) is 187 cm³/mol. The molecular weight excluding hydrogens is 652 g/mol. The number of hydrogen-bond acceptors (Lipinski definition) is 10. The molecule has 0 radical (unpaired) electrons. The van der Waals surface area contributed by atoms with Crippen LogP contribution in [-0.2, 0) is 67.2 Å². The zero-order valence-corrected chi connectivity index (χ0v) is 30.1. The number of rotatable bonds is 13. The van der Waals surface area contributed by atoms with Crippen LogP contribution < -0.4 is 0 Å². The summed E-state index contributed by atoms with van der Waals surface area (Å²) >= 11 is 0. The molecule has 10 nitrogen and oxygen atoms in total. The van der Waals surface area contributed by atoms with Gasteiger partial charge in [-0.1, -0.05) is 97.1 Å². The molecule has 0 spiro atoms. The molecule has 7 rings (SSSR count). The molecule has 3 aromatic carbocycles. The van der Waals surface area contributed by atoms with Gasteiger partial charge in [0.25, 0.3) is 0 Å². The van der Waals surface area contributed by atoms with E-state index >= 15 is 0 Å². The molecule has 0 saturated carbocycles. The van der Waals surface area contributed by atoms with Crippen LogP contribution in [0.3, 0.4) is 0 Å². The Labute approximate surface area is 300 Å². The summed E-state index contributed by atoms with van der Waals surface area (Å²) in [6.45, 7) is 11.2. The Hall–Kier alpha value is -3.00. The second-order valence-electron chi connectivity index (χ2n) is 14.3. The van der Waals surface area contributed by atoms with Gasteiger partial charge in [0, 0.05) is 5.57 Å². The van der Waals surface area contributed by atoms with Crippen LogP contribution in [0.15, 0.2) is 103 Å². The first-order valence-electron chi connectivity index (χ1n) is 17.9. The van der Waals surface area contributed by atoms with Crippen LogP contribution in [0.5, 0.6) is 0 Å². The molecule has 4 saturated heterocycles. The van der Waals surface area contributed by atoms with Crippen molar-refractivity contribution in [1.29, 1.82) is 0 Å². The highest BCUT2D eigenvalue weighted by atomic mass is 16.9. The summed E-state index contributed by atoms with van der Waals surface area (Å²) in [7, 11) is 0. The standard InChI is InChI=1S/C41H50O10/c1-6-30-33(43-23-28-18-12-8-13-19-28)34(44-24-29-20-14-9-15-21-29)31(25-42-22-27-16-10-7-11-17-27)46-38(30)48-36-35(32-26-45-40(2,3)49-32)47-39-37(36)50-41(4,5)51-39/h6-21,31-39H,22-26H2,1-5H3/b30-6-/t31-,32-,33-,34-,35-,36+,37-,38?,39-/m1/s1. The van der Waals surface area contributed by atoms with Gasteiger partial charge in [0.05, 0.1) is 33.0 Å². The summed E-state index contributed by atoms with van der Waals surface area (Å²) in [4.78, 5) is 0. The molecule has 4 fully saturated rings. The van der Waals surface area contributed by atoms with Crippen LogP contribution in [0.4, 0.5) is 0 Å². The van der Waals surface area contributed by atoms with E-state index in [9.17, 15) is 0 Å². The fourth-order valence-electron chi connectivity index (χ4n) is 7.14. The first kappa shape index (κ1) is 36.4. The summed E-state index contributed by atoms with van der Waals surface area (Å²) in [6.07, 6.45) is -3.15. The second-order valence-corrected chi connectivity index (χ2v) is 14.3. The highest BCUT2D eigenvalue weighted by Crippen LogP contribution is 2.44. The van der Waals surface area contributed by atoms with Crippen LogP contribution in [0.2, 0.25) is 0 Å². The molecule has 0 bridgehead atoms. The highest BCUT2D eigenvalue weighted by Gasteiger charge is 2.60. The van der Waals surface area contributed by atoms with Gasteiger partial charge in [-0.15, -0.1) is 0 Å². The third kappa shape index (κ3) is 8.80. The molecule has 4 heterocycles. The summed E-state index contributed by atoms with van der Waals surface area (Å²) in [5, 5.41) is 0. The fourth-order valence-corrected chi connectivity index (χ4v) is 7.14. The normalized spacial score (nSPS) is 33.4. The molecule has 4 aliphatic rings. The third-order valence-corrected chi connectivity index (χ3v) is 9.55. The monoisotopic (exact) mass is 702 g/mol. The zero-order chi connectivity index (χ0) is 35.4. The average molecular weight is 703 g/mol. The quantitative estimate of drug-likeness (QED) is 0.185. The van der Waals surface area contributed by atoms with Gasteiger partial charge in [-0.2, -0.15) is 0 Å². The fraction of sp³-hybridized carbons (Fsp3) is 0.512. The van der Waals surface area contributed by atoms with Crippen LogP contribution in [0, 0.1) is 0 Å². The zero-order valence-electron chi connectivity index (χ0n) is 30.1. The molecule has 274 valence electrons. The Morgan fingerprint density at radius 3 is 1.86 bits per heavy atom. The van der Waals surface area contributed by atoms with Crippen molar-refractivity contribution < 1.29 is 47.4 Å². The van der Waals surface area contributed by atoms with Gasteiger partial charge in [-0.25, -0.2) is 0 Å². The Morgan fingerprint density at radius 1 is 0.667 bits per heavy atom. The third-order valence-electron chi connectivity index (χ3n) is 9.55. The van der Waals surface area contributed by atoms with Gasteiger partial charge in [-0.05, 0) is 51.3 Å². The Balaban J connectivity index is 1.18. The minimum atomic E-state index is -0.851. The maximum absolute atomic E-state index is 7.00. The van der Waals surface area contributed by atoms with E-state index in [1.807, 2.05) is 132 Å². The summed E-state index contributed by atoms with van der Waals surface area (Å²) in [5.41, 5.74) is 3.95. The first-order valence-corrected chi connectivity index (χ1v) is 17.9. The van der Waals surface area contributed by atoms with E-state index < -0.39 is 66.9 Å². The van der Waals surface area contributed by atoms with Gasteiger partial charge in [-0.3, -0.25) is 0 Å². The number of hydrogen-bond donors (Lipinski definition) is 0. The molecule has 9 atom stereocenters. The molecule has 0 N–H and O–H groups in total.